The number of carbonyl (C=O) groups is 1. The van der Waals surface area contributed by atoms with Gasteiger partial charge in [0.15, 0.2) is 8.32 Å². The lowest BCUT2D eigenvalue weighted by molar-refractivity contribution is -0.137. The molecular formula is C12H24O3Si. The van der Waals surface area contributed by atoms with Crippen LogP contribution < -0.4 is 0 Å². The van der Waals surface area contributed by atoms with E-state index in [1.165, 1.54) is 6.08 Å². The second kappa shape index (κ2) is 8.53. The Kier molecular flexibility index (Phi) is 8.20. The summed E-state index contributed by atoms with van der Waals surface area (Å²) in [5.41, 5.74) is 0. The molecule has 94 valence electrons. The third kappa shape index (κ3) is 5.46. The SMILES string of the molecule is CC=CC(=O)OCCC[Si](CC)(CC)OC. The van der Waals surface area contributed by atoms with E-state index in [4.69, 9.17) is 9.16 Å². The van der Waals surface area contributed by atoms with Gasteiger partial charge in [-0.25, -0.2) is 4.79 Å². The first-order valence-electron chi connectivity index (χ1n) is 5.98. The van der Waals surface area contributed by atoms with E-state index in [1.807, 2.05) is 7.11 Å². The summed E-state index contributed by atoms with van der Waals surface area (Å²) in [6, 6.07) is 3.32. The van der Waals surface area contributed by atoms with Crippen LogP contribution in [0.3, 0.4) is 0 Å². The Labute approximate surface area is 100.0 Å². The molecule has 0 aliphatic rings. The van der Waals surface area contributed by atoms with Crippen molar-refractivity contribution in [3.05, 3.63) is 12.2 Å². The van der Waals surface area contributed by atoms with Crippen molar-refractivity contribution in [3.63, 3.8) is 0 Å². The van der Waals surface area contributed by atoms with Crippen molar-refractivity contribution < 1.29 is 14.0 Å². The van der Waals surface area contributed by atoms with Crippen LogP contribution in [0.5, 0.6) is 0 Å². The van der Waals surface area contributed by atoms with Crippen LogP contribution in [-0.2, 0) is 14.0 Å². The van der Waals surface area contributed by atoms with Gasteiger partial charge in [-0.3, -0.25) is 0 Å². The van der Waals surface area contributed by atoms with Gasteiger partial charge in [0, 0.05) is 13.2 Å². The second-order valence-corrected chi connectivity index (χ2v) is 8.55. The second-order valence-electron chi connectivity index (χ2n) is 3.87. The number of allylic oxidation sites excluding steroid dienone is 1. The molecule has 0 aromatic heterocycles. The van der Waals surface area contributed by atoms with Gasteiger partial charge < -0.3 is 9.16 Å². The van der Waals surface area contributed by atoms with Crippen molar-refractivity contribution in [3.8, 4) is 0 Å². The van der Waals surface area contributed by atoms with Crippen molar-refractivity contribution in [1.29, 1.82) is 0 Å². The van der Waals surface area contributed by atoms with Crippen LogP contribution in [0.15, 0.2) is 12.2 Å². The molecule has 0 aromatic carbocycles. The van der Waals surface area contributed by atoms with Gasteiger partial charge >= 0.3 is 5.97 Å². The molecule has 0 bridgehead atoms. The Morgan fingerprint density at radius 2 is 1.94 bits per heavy atom. The molecule has 4 heteroatoms. The highest BCUT2D eigenvalue weighted by molar-refractivity contribution is 6.73. The molecule has 0 radical (unpaired) electrons. The minimum Gasteiger partial charge on any atom is -0.463 e. The maximum absolute atomic E-state index is 11.0. The Bertz CT molecular complexity index is 214. The van der Waals surface area contributed by atoms with Crippen molar-refractivity contribution in [2.24, 2.45) is 0 Å². The van der Waals surface area contributed by atoms with E-state index in [2.05, 4.69) is 13.8 Å². The van der Waals surface area contributed by atoms with E-state index in [9.17, 15) is 4.79 Å². The van der Waals surface area contributed by atoms with E-state index >= 15 is 0 Å². The van der Waals surface area contributed by atoms with E-state index in [-0.39, 0.29) is 5.97 Å². The molecule has 0 spiro atoms. The van der Waals surface area contributed by atoms with Crippen LogP contribution in [0.25, 0.3) is 0 Å². The Morgan fingerprint density at radius 1 is 1.31 bits per heavy atom. The van der Waals surface area contributed by atoms with Gasteiger partial charge in [0.2, 0.25) is 0 Å². The van der Waals surface area contributed by atoms with Gasteiger partial charge in [0.05, 0.1) is 6.61 Å². The fourth-order valence-corrected chi connectivity index (χ4v) is 4.52. The molecule has 0 unspecified atom stereocenters. The van der Waals surface area contributed by atoms with Gasteiger partial charge in [-0.2, -0.15) is 0 Å². The number of esters is 1. The quantitative estimate of drug-likeness (QED) is 0.285. The number of rotatable bonds is 8. The Hall–Kier alpha value is -0.613. The zero-order valence-electron chi connectivity index (χ0n) is 10.9. The maximum atomic E-state index is 11.0. The zero-order valence-corrected chi connectivity index (χ0v) is 11.9. The minimum absolute atomic E-state index is 0.250. The standard InChI is InChI=1S/C12H24O3Si/c1-5-9-12(13)15-10-8-11-16(6-2,7-3)14-4/h5,9H,6-8,10-11H2,1-4H3. The summed E-state index contributed by atoms with van der Waals surface area (Å²) in [6.45, 7) is 6.68. The molecule has 0 saturated heterocycles. The average Bonchev–Trinajstić information content (AvgIpc) is 2.31. The minimum atomic E-state index is -1.52. The predicted molar refractivity (Wildman–Crippen MR) is 68.9 cm³/mol. The molecule has 0 aliphatic carbocycles. The summed E-state index contributed by atoms with van der Waals surface area (Å²) in [5.74, 6) is -0.250. The predicted octanol–water partition coefficient (Wildman–Crippen LogP) is 3.13. The summed E-state index contributed by atoms with van der Waals surface area (Å²) < 4.78 is 10.7. The lowest BCUT2D eigenvalue weighted by Crippen LogP contribution is -2.35. The lowest BCUT2D eigenvalue weighted by atomic mass is 10.5. The average molecular weight is 244 g/mol. The van der Waals surface area contributed by atoms with E-state index < -0.39 is 8.32 Å². The van der Waals surface area contributed by atoms with Crippen LogP contribution >= 0.6 is 0 Å². The molecule has 0 N–H and O–H groups in total. The van der Waals surface area contributed by atoms with Crippen LogP contribution in [0, 0.1) is 0 Å². The van der Waals surface area contributed by atoms with Crippen molar-refractivity contribution in [1.82, 2.24) is 0 Å². The molecule has 0 amide bonds. The number of carbonyl (C=O) groups excluding carboxylic acids is 1. The number of hydrogen-bond donors (Lipinski definition) is 0. The molecule has 0 fully saturated rings. The monoisotopic (exact) mass is 244 g/mol. The Morgan fingerprint density at radius 3 is 2.38 bits per heavy atom. The highest BCUT2D eigenvalue weighted by atomic mass is 28.4. The van der Waals surface area contributed by atoms with E-state index in [1.54, 1.807) is 13.0 Å². The van der Waals surface area contributed by atoms with Crippen molar-refractivity contribution in [2.45, 2.75) is 45.3 Å². The fourth-order valence-electron chi connectivity index (χ4n) is 1.75. The smallest absolute Gasteiger partial charge is 0.330 e. The summed E-state index contributed by atoms with van der Waals surface area (Å²) in [4.78, 5) is 11.0. The normalized spacial score (nSPS) is 12.0. The summed E-state index contributed by atoms with van der Waals surface area (Å²) in [7, 11) is 0.293. The Balaban J connectivity index is 3.83. The fraction of sp³-hybridized carbons (Fsp3) is 0.750. The zero-order chi connectivity index (χ0) is 12.4. The van der Waals surface area contributed by atoms with E-state index in [0.717, 1.165) is 24.6 Å². The summed E-state index contributed by atoms with van der Waals surface area (Å²) >= 11 is 0. The molecule has 0 heterocycles. The molecule has 16 heavy (non-hydrogen) atoms. The molecule has 0 aliphatic heterocycles. The van der Waals surface area contributed by atoms with Crippen LogP contribution in [0.1, 0.15) is 27.2 Å². The summed E-state index contributed by atoms with van der Waals surface area (Å²) in [6.07, 6.45) is 4.04. The molecule has 0 saturated carbocycles. The van der Waals surface area contributed by atoms with Crippen molar-refractivity contribution in [2.75, 3.05) is 13.7 Å². The molecular weight excluding hydrogens is 220 g/mol. The topological polar surface area (TPSA) is 35.5 Å². The number of hydrogen-bond acceptors (Lipinski definition) is 3. The van der Waals surface area contributed by atoms with Gasteiger partial charge in [-0.05, 0) is 31.5 Å². The van der Waals surface area contributed by atoms with Gasteiger partial charge in [-0.15, -0.1) is 0 Å². The molecule has 3 nitrogen and oxygen atoms in total. The third-order valence-electron chi connectivity index (χ3n) is 3.05. The highest BCUT2D eigenvalue weighted by Crippen LogP contribution is 2.22. The third-order valence-corrected chi connectivity index (χ3v) is 7.75. The molecule has 0 rings (SSSR count). The van der Waals surface area contributed by atoms with Gasteiger partial charge in [0.25, 0.3) is 0 Å². The lowest BCUT2D eigenvalue weighted by Gasteiger charge is -2.26. The van der Waals surface area contributed by atoms with Crippen LogP contribution in [-0.4, -0.2) is 28.0 Å². The highest BCUT2D eigenvalue weighted by Gasteiger charge is 2.28. The molecule has 0 aromatic rings. The molecule has 0 atom stereocenters. The first-order valence-corrected chi connectivity index (χ1v) is 8.51. The van der Waals surface area contributed by atoms with Crippen LogP contribution in [0.4, 0.5) is 0 Å². The summed E-state index contributed by atoms with van der Waals surface area (Å²) in [5, 5.41) is 0. The number of ether oxygens (including phenoxy) is 1. The van der Waals surface area contributed by atoms with Gasteiger partial charge in [0.1, 0.15) is 0 Å². The first-order chi connectivity index (χ1) is 7.64. The van der Waals surface area contributed by atoms with E-state index in [0.29, 0.717) is 6.61 Å². The van der Waals surface area contributed by atoms with Gasteiger partial charge in [-0.1, -0.05) is 19.9 Å². The largest absolute Gasteiger partial charge is 0.463 e. The maximum Gasteiger partial charge on any atom is 0.330 e. The van der Waals surface area contributed by atoms with Crippen molar-refractivity contribution >= 4 is 14.3 Å². The first kappa shape index (κ1) is 15.4. The van der Waals surface area contributed by atoms with Crippen LogP contribution in [0.2, 0.25) is 18.1 Å².